The molecule has 6 heteroatoms. The molecule has 5 rings (SSSR count). The molecule has 2 amide bonds. The molecule has 2 fully saturated rings. The summed E-state index contributed by atoms with van der Waals surface area (Å²) in [5.41, 5.74) is 1.16. The Bertz CT molecular complexity index is 1270. The number of likely N-dealkylation sites (N-methyl/N-ethyl adjacent to an activating group) is 1. The van der Waals surface area contributed by atoms with Gasteiger partial charge in [-0.15, -0.1) is 0 Å². The lowest BCUT2D eigenvalue weighted by Crippen LogP contribution is -2.67. The van der Waals surface area contributed by atoms with Crippen LogP contribution < -0.4 is 10.4 Å². The summed E-state index contributed by atoms with van der Waals surface area (Å²) in [6, 6.07) is 32.1. The third-order valence-electron chi connectivity index (χ3n) is 9.63. The van der Waals surface area contributed by atoms with Crippen molar-refractivity contribution in [1.82, 2.24) is 9.80 Å². The Hall–Kier alpha value is -2.93. The van der Waals surface area contributed by atoms with Gasteiger partial charge in [0.05, 0.1) is 18.2 Å². The minimum Gasteiger partial charge on any atom is -0.407 e. The molecule has 0 radical (unpaired) electrons. The van der Waals surface area contributed by atoms with E-state index in [0.29, 0.717) is 6.61 Å². The number of hydrogen-bond acceptors (Lipinski definition) is 3. The van der Waals surface area contributed by atoms with Gasteiger partial charge in [-0.05, 0) is 40.7 Å². The summed E-state index contributed by atoms with van der Waals surface area (Å²) < 4.78 is 14.2. The second kappa shape index (κ2) is 12.4. The number of carbonyl (C=O) groups excluding carboxylic acids is 1. The van der Waals surface area contributed by atoms with E-state index in [1.54, 1.807) is 0 Å². The first-order chi connectivity index (χ1) is 20.1. The third-order valence-corrected chi connectivity index (χ3v) is 14.6. The highest BCUT2D eigenvalue weighted by Gasteiger charge is 2.52. The van der Waals surface area contributed by atoms with Crippen molar-refractivity contribution in [2.75, 3.05) is 13.7 Å². The fraction of sp³-hybridized carbons (Fsp3) is 0.472. The highest BCUT2D eigenvalue weighted by atomic mass is 28.4. The van der Waals surface area contributed by atoms with Crippen LogP contribution in [0, 0.1) is 11.8 Å². The lowest BCUT2D eigenvalue weighted by atomic mass is 9.90. The van der Waals surface area contributed by atoms with Crippen LogP contribution >= 0.6 is 0 Å². The zero-order chi connectivity index (χ0) is 30.1. The fourth-order valence-electron chi connectivity index (χ4n) is 7.11. The molecule has 0 N–H and O–H groups in total. The summed E-state index contributed by atoms with van der Waals surface area (Å²) in [5, 5.41) is 2.50. The lowest BCUT2D eigenvalue weighted by Gasteiger charge is -2.46. The highest BCUT2D eigenvalue weighted by molar-refractivity contribution is 6.99. The summed E-state index contributed by atoms with van der Waals surface area (Å²) in [5.74, 6) is 0.421. The maximum absolute atomic E-state index is 13.7. The summed E-state index contributed by atoms with van der Waals surface area (Å²) in [4.78, 5) is 17.5. The Labute approximate surface area is 254 Å². The van der Waals surface area contributed by atoms with Gasteiger partial charge in [0.2, 0.25) is 0 Å². The molecular weight excluding hydrogens is 536 g/mol. The van der Waals surface area contributed by atoms with Crippen LogP contribution in [-0.2, 0) is 9.16 Å². The molecule has 3 aromatic rings. The van der Waals surface area contributed by atoms with Crippen molar-refractivity contribution in [2.24, 2.45) is 11.8 Å². The van der Waals surface area contributed by atoms with E-state index in [1.807, 2.05) is 22.9 Å². The Kier molecular flexibility index (Phi) is 8.98. The van der Waals surface area contributed by atoms with Crippen LogP contribution in [-0.4, -0.2) is 56.2 Å². The van der Waals surface area contributed by atoms with Crippen LogP contribution in [0.15, 0.2) is 91.0 Å². The number of rotatable bonds is 8. The van der Waals surface area contributed by atoms with Crippen molar-refractivity contribution in [3.8, 4) is 0 Å². The van der Waals surface area contributed by atoms with Gasteiger partial charge in [0.15, 0.2) is 0 Å². The molecule has 224 valence electrons. The van der Waals surface area contributed by atoms with Crippen molar-refractivity contribution >= 4 is 24.7 Å². The van der Waals surface area contributed by atoms with Crippen LogP contribution in [0.1, 0.15) is 66.0 Å². The first-order valence-corrected chi connectivity index (χ1v) is 17.5. The Balaban J connectivity index is 1.41. The Morgan fingerprint density at radius 3 is 1.93 bits per heavy atom. The van der Waals surface area contributed by atoms with Crippen LogP contribution in [0.5, 0.6) is 0 Å². The number of hydrogen-bond donors (Lipinski definition) is 0. The molecular formula is C36H48N2O3Si. The summed E-state index contributed by atoms with van der Waals surface area (Å²) in [6.07, 6.45) is 1.72. The minimum absolute atomic E-state index is 0.00912. The molecule has 0 aromatic heterocycles. The van der Waals surface area contributed by atoms with Gasteiger partial charge < -0.3 is 14.1 Å². The van der Waals surface area contributed by atoms with Gasteiger partial charge in [-0.2, -0.15) is 0 Å². The molecule has 0 aliphatic carbocycles. The predicted molar refractivity (Wildman–Crippen MR) is 173 cm³/mol. The molecule has 0 unspecified atom stereocenters. The number of ether oxygens (including phenoxy) is 1. The lowest BCUT2D eigenvalue weighted by molar-refractivity contribution is -0.163. The van der Waals surface area contributed by atoms with Gasteiger partial charge >= 0.3 is 6.03 Å². The second-order valence-corrected chi connectivity index (χ2v) is 17.8. The molecule has 3 aromatic carbocycles. The van der Waals surface area contributed by atoms with Crippen LogP contribution in [0.25, 0.3) is 0 Å². The monoisotopic (exact) mass is 584 g/mol. The molecule has 2 aliphatic heterocycles. The largest absolute Gasteiger partial charge is 0.407 e. The quantitative estimate of drug-likeness (QED) is 0.272. The molecule has 0 saturated carbocycles. The van der Waals surface area contributed by atoms with Crippen LogP contribution in [0.4, 0.5) is 4.79 Å². The van der Waals surface area contributed by atoms with Gasteiger partial charge in [0.25, 0.3) is 8.32 Å². The molecule has 5 nitrogen and oxygen atoms in total. The van der Waals surface area contributed by atoms with E-state index in [-0.39, 0.29) is 47.3 Å². The normalized spacial score (nSPS) is 26.0. The minimum atomic E-state index is -2.64. The molecule has 0 spiro atoms. The van der Waals surface area contributed by atoms with E-state index in [2.05, 4.69) is 126 Å². The Morgan fingerprint density at radius 1 is 0.881 bits per heavy atom. The second-order valence-electron chi connectivity index (χ2n) is 13.5. The maximum Gasteiger partial charge on any atom is 0.322 e. The standard InChI is InChI=1S/C36H48N2O3Si/c1-26-23-24-32(41-34(26)38-33(28(3)37(7)35(38)39)29-17-11-8-12-18-29)27(2)25-40-42(36(4,5)6,30-19-13-9-14-20-30)31-21-15-10-16-22-31/h8-22,26-28,32-34H,23-25H2,1-7H3/t26-,27+,28+,32-,33+,34-/m0/s1. The van der Waals surface area contributed by atoms with Gasteiger partial charge in [0.1, 0.15) is 6.23 Å². The van der Waals surface area contributed by atoms with Gasteiger partial charge in [-0.1, -0.05) is 126 Å². The number of benzene rings is 3. The third kappa shape index (κ3) is 5.57. The maximum atomic E-state index is 13.7. The van der Waals surface area contributed by atoms with Gasteiger partial charge in [-0.25, -0.2) is 4.79 Å². The van der Waals surface area contributed by atoms with E-state index >= 15 is 0 Å². The van der Waals surface area contributed by atoms with Crippen molar-refractivity contribution in [2.45, 2.75) is 83.8 Å². The summed E-state index contributed by atoms with van der Waals surface area (Å²) in [6.45, 7) is 14.2. The number of nitrogens with zero attached hydrogens (tertiary/aromatic N) is 2. The molecule has 2 saturated heterocycles. The highest BCUT2D eigenvalue weighted by Crippen LogP contribution is 2.42. The van der Waals surface area contributed by atoms with Crippen molar-refractivity contribution in [3.05, 3.63) is 96.6 Å². The molecule has 0 bridgehead atoms. The molecule has 42 heavy (non-hydrogen) atoms. The van der Waals surface area contributed by atoms with E-state index < -0.39 is 8.32 Å². The number of carbonyl (C=O) groups is 1. The smallest absolute Gasteiger partial charge is 0.322 e. The van der Waals surface area contributed by atoms with E-state index in [9.17, 15) is 4.79 Å². The van der Waals surface area contributed by atoms with Crippen molar-refractivity contribution in [1.29, 1.82) is 0 Å². The first-order valence-electron chi connectivity index (χ1n) is 15.6. The van der Waals surface area contributed by atoms with Crippen LogP contribution in [0.2, 0.25) is 5.04 Å². The Morgan fingerprint density at radius 2 is 1.40 bits per heavy atom. The summed E-state index contributed by atoms with van der Waals surface area (Å²) in [7, 11) is -0.732. The van der Waals surface area contributed by atoms with E-state index in [0.717, 1.165) is 18.4 Å². The SMILES string of the molecule is C[C@H](CO[Si](c1ccccc1)(c1ccccc1)C(C)(C)C)[C@@H]1CC[C@H](C)[C@@H](N2C(=O)N(C)[C@H](C)[C@@H]2c2ccccc2)O1. The van der Waals surface area contributed by atoms with Crippen molar-refractivity contribution in [3.63, 3.8) is 0 Å². The number of urea groups is 1. The average Bonchev–Trinajstić information content (AvgIpc) is 3.22. The predicted octanol–water partition coefficient (Wildman–Crippen LogP) is 6.84. The van der Waals surface area contributed by atoms with Gasteiger partial charge in [0, 0.05) is 25.5 Å². The number of amides is 2. The zero-order valence-corrected chi connectivity index (χ0v) is 27.4. The van der Waals surface area contributed by atoms with Crippen LogP contribution in [0.3, 0.4) is 0 Å². The average molecular weight is 585 g/mol. The van der Waals surface area contributed by atoms with Crippen molar-refractivity contribution < 1.29 is 14.0 Å². The fourth-order valence-corrected chi connectivity index (χ4v) is 11.8. The topological polar surface area (TPSA) is 42.0 Å². The summed E-state index contributed by atoms with van der Waals surface area (Å²) >= 11 is 0. The van der Waals surface area contributed by atoms with E-state index in [1.165, 1.54) is 10.4 Å². The van der Waals surface area contributed by atoms with E-state index in [4.69, 9.17) is 9.16 Å². The van der Waals surface area contributed by atoms with Gasteiger partial charge in [-0.3, -0.25) is 4.90 Å². The molecule has 6 atom stereocenters. The zero-order valence-electron chi connectivity index (χ0n) is 26.4. The molecule has 2 heterocycles. The molecule has 2 aliphatic rings. The first kappa shape index (κ1) is 30.5.